The van der Waals surface area contributed by atoms with E-state index in [-0.39, 0.29) is 12.1 Å². The third kappa shape index (κ3) is 1.23. The van der Waals surface area contributed by atoms with Crippen molar-refractivity contribution in [2.45, 2.75) is 6.54 Å². The minimum atomic E-state index is -1.59. The molecule has 0 heterocycles. The number of hydrogen-bond donors (Lipinski definition) is 2. The van der Waals surface area contributed by atoms with Gasteiger partial charge < -0.3 is 10.8 Å². The maximum absolute atomic E-state index is 12.7. The maximum Gasteiger partial charge on any atom is 0.203 e. The number of nitrogens with two attached hydrogens (primary N) is 1. The molecule has 0 aliphatic carbocycles. The van der Waals surface area contributed by atoms with Crippen LogP contribution in [0.5, 0.6) is 5.75 Å². The molecule has 0 aliphatic heterocycles. The lowest BCUT2D eigenvalue weighted by molar-refractivity contribution is 0.373. The van der Waals surface area contributed by atoms with Crippen molar-refractivity contribution in [3.05, 3.63) is 29.1 Å². The molecule has 0 aromatic heterocycles. The van der Waals surface area contributed by atoms with E-state index in [4.69, 9.17) is 10.8 Å². The van der Waals surface area contributed by atoms with E-state index in [9.17, 15) is 13.2 Å². The Morgan fingerprint density at radius 3 is 2.33 bits per heavy atom. The van der Waals surface area contributed by atoms with Gasteiger partial charge in [-0.1, -0.05) is 0 Å². The number of hydrogen-bond acceptors (Lipinski definition) is 2. The molecule has 1 aromatic carbocycles. The van der Waals surface area contributed by atoms with Crippen LogP contribution in [0, 0.1) is 17.5 Å². The van der Waals surface area contributed by atoms with Gasteiger partial charge in [0.2, 0.25) is 5.82 Å². The van der Waals surface area contributed by atoms with Gasteiger partial charge in [0.15, 0.2) is 17.4 Å². The molecule has 0 radical (unpaired) electrons. The molecule has 0 amide bonds. The fraction of sp³-hybridized carbons (Fsp3) is 0.143. The Hall–Kier alpha value is -1.23. The molecule has 0 saturated carbocycles. The first-order valence-electron chi connectivity index (χ1n) is 3.13. The van der Waals surface area contributed by atoms with Gasteiger partial charge in [0.1, 0.15) is 0 Å². The second kappa shape index (κ2) is 3.02. The first-order chi connectivity index (χ1) is 5.57. The summed E-state index contributed by atoms with van der Waals surface area (Å²) in [6.45, 7) is -0.295. The van der Waals surface area contributed by atoms with Crippen molar-refractivity contribution in [1.29, 1.82) is 0 Å². The van der Waals surface area contributed by atoms with Crippen LogP contribution in [0.4, 0.5) is 13.2 Å². The molecule has 2 nitrogen and oxygen atoms in total. The van der Waals surface area contributed by atoms with Gasteiger partial charge in [0.05, 0.1) is 0 Å². The van der Waals surface area contributed by atoms with Crippen LogP contribution in [0.15, 0.2) is 6.07 Å². The summed E-state index contributed by atoms with van der Waals surface area (Å²) in [6, 6.07) is 0.615. The molecular formula is C7H6F3NO. The summed E-state index contributed by atoms with van der Waals surface area (Å²) >= 11 is 0. The monoisotopic (exact) mass is 177 g/mol. The lowest BCUT2D eigenvalue weighted by Crippen LogP contribution is -2.02. The van der Waals surface area contributed by atoms with E-state index < -0.39 is 23.2 Å². The summed E-state index contributed by atoms with van der Waals surface area (Å²) in [5, 5.41) is 8.65. The highest BCUT2D eigenvalue weighted by atomic mass is 19.2. The van der Waals surface area contributed by atoms with Gasteiger partial charge in [-0.05, 0) is 6.07 Å². The highest BCUT2D eigenvalue weighted by molar-refractivity contribution is 5.32. The van der Waals surface area contributed by atoms with E-state index in [0.717, 1.165) is 0 Å². The normalized spacial score (nSPS) is 10.3. The molecule has 0 atom stereocenters. The second-order valence-electron chi connectivity index (χ2n) is 2.20. The Bertz CT molecular complexity index is 314. The van der Waals surface area contributed by atoms with Gasteiger partial charge >= 0.3 is 0 Å². The first-order valence-corrected chi connectivity index (χ1v) is 3.13. The maximum atomic E-state index is 12.7. The lowest BCUT2D eigenvalue weighted by Gasteiger charge is -2.03. The molecule has 0 fully saturated rings. The molecule has 0 spiro atoms. The van der Waals surface area contributed by atoms with Crippen LogP contribution < -0.4 is 5.73 Å². The van der Waals surface area contributed by atoms with Crippen molar-refractivity contribution in [1.82, 2.24) is 0 Å². The molecule has 1 aromatic rings. The molecule has 3 N–H and O–H groups in total. The molecule has 5 heteroatoms. The number of rotatable bonds is 1. The highest BCUT2D eigenvalue weighted by Crippen LogP contribution is 2.25. The Labute approximate surface area is 66.4 Å². The summed E-state index contributed by atoms with van der Waals surface area (Å²) < 4.78 is 37.6. The summed E-state index contributed by atoms with van der Waals surface area (Å²) in [5.41, 5.74) is 4.74. The van der Waals surface area contributed by atoms with Crippen LogP contribution in [0.3, 0.4) is 0 Å². The first kappa shape index (κ1) is 8.86. The van der Waals surface area contributed by atoms with Crippen molar-refractivity contribution in [3.8, 4) is 5.75 Å². The van der Waals surface area contributed by atoms with Crippen LogP contribution in [-0.4, -0.2) is 5.11 Å². The van der Waals surface area contributed by atoms with Gasteiger partial charge in [-0.15, -0.1) is 0 Å². The van der Waals surface area contributed by atoms with Crippen molar-refractivity contribution in [3.63, 3.8) is 0 Å². The topological polar surface area (TPSA) is 46.2 Å². The molecular weight excluding hydrogens is 171 g/mol. The Balaban J connectivity index is 3.39. The van der Waals surface area contributed by atoms with Gasteiger partial charge in [0, 0.05) is 12.1 Å². The predicted octanol–water partition coefficient (Wildman–Crippen LogP) is 1.27. The fourth-order valence-electron chi connectivity index (χ4n) is 0.790. The van der Waals surface area contributed by atoms with Crippen LogP contribution in [0.2, 0.25) is 0 Å². The number of phenols is 1. The molecule has 66 valence electrons. The fourth-order valence-corrected chi connectivity index (χ4v) is 0.790. The summed E-state index contributed by atoms with van der Waals surface area (Å²) in [6.07, 6.45) is 0. The van der Waals surface area contributed by atoms with E-state index in [0.29, 0.717) is 6.07 Å². The standard InChI is InChI=1S/C7H6F3NO/c8-4-1-3(2-11)5(9)7(12)6(4)10/h1,12H,2,11H2. The average molecular weight is 177 g/mol. The van der Waals surface area contributed by atoms with Gasteiger partial charge in [-0.3, -0.25) is 0 Å². The molecule has 1 rings (SSSR count). The minimum Gasteiger partial charge on any atom is -0.503 e. The van der Waals surface area contributed by atoms with Crippen LogP contribution >= 0.6 is 0 Å². The van der Waals surface area contributed by atoms with Crippen molar-refractivity contribution < 1.29 is 18.3 Å². The van der Waals surface area contributed by atoms with Crippen molar-refractivity contribution in [2.24, 2.45) is 5.73 Å². The van der Waals surface area contributed by atoms with Gasteiger partial charge in [0.25, 0.3) is 0 Å². The quantitative estimate of drug-likeness (QED) is 0.634. The third-order valence-electron chi connectivity index (χ3n) is 1.43. The Morgan fingerprint density at radius 1 is 1.25 bits per heavy atom. The number of aromatic hydroxyl groups is 1. The molecule has 0 aliphatic rings. The van der Waals surface area contributed by atoms with Crippen LogP contribution in [0.25, 0.3) is 0 Å². The Kier molecular flexibility index (Phi) is 2.23. The van der Waals surface area contributed by atoms with Gasteiger partial charge in [-0.25, -0.2) is 8.78 Å². The molecule has 0 unspecified atom stereocenters. The minimum absolute atomic E-state index is 0.258. The summed E-state index contributed by atoms with van der Waals surface area (Å²) in [5.74, 6) is -5.44. The van der Waals surface area contributed by atoms with Crippen LogP contribution in [-0.2, 0) is 6.54 Å². The molecule has 0 bridgehead atoms. The SMILES string of the molecule is NCc1cc(F)c(F)c(O)c1F. The molecule has 0 saturated heterocycles. The molecule has 12 heavy (non-hydrogen) atoms. The number of halogens is 3. The summed E-state index contributed by atoms with van der Waals surface area (Å²) in [7, 11) is 0. The van der Waals surface area contributed by atoms with Gasteiger partial charge in [-0.2, -0.15) is 4.39 Å². The zero-order valence-corrected chi connectivity index (χ0v) is 5.94. The number of phenolic OH excluding ortho intramolecular Hbond substituents is 1. The lowest BCUT2D eigenvalue weighted by atomic mass is 10.2. The van der Waals surface area contributed by atoms with Crippen molar-refractivity contribution in [2.75, 3.05) is 0 Å². The van der Waals surface area contributed by atoms with Crippen LogP contribution in [0.1, 0.15) is 5.56 Å². The van der Waals surface area contributed by atoms with E-state index >= 15 is 0 Å². The Morgan fingerprint density at radius 2 is 1.83 bits per heavy atom. The third-order valence-corrected chi connectivity index (χ3v) is 1.43. The highest BCUT2D eigenvalue weighted by Gasteiger charge is 2.16. The predicted molar refractivity (Wildman–Crippen MR) is 35.9 cm³/mol. The largest absolute Gasteiger partial charge is 0.503 e. The van der Waals surface area contributed by atoms with E-state index in [1.165, 1.54) is 0 Å². The van der Waals surface area contributed by atoms with E-state index in [2.05, 4.69) is 0 Å². The number of benzene rings is 1. The zero-order chi connectivity index (χ0) is 9.30. The smallest absolute Gasteiger partial charge is 0.203 e. The average Bonchev–Trinajstić information content (AvgIpc) is 2.08. The van der Waals surface area contributed by atoms with E-state index in [1.807, 2.05) is 0 Å². The van der Waals surface area contributed by atoms with Crippen molar-refractivity contribution >= 4 is 0 Å². The summed E-state index contributed by atoms with van der Waals surface area (Å²) in [4.78, 5) is 0. The van der Waals surface area contributed by atoms with E-state index in [1.54, 1.807) is 0 Å². The second-order valence-corrected chi connectivity index (χ2v) is 2.20. The zero-order valence-electron chi connectivity index (χ0n) is 5.94.